The van der Waals surface area contributed by atoms with Crippen LogP contribution in [0.15, 0.2) is 157 Å². The number of allylic oxidation sites excluding steroid dienone is 2. The highest BCUT2D eigenvalue weighted by Crippen LogP contribution is 2.62. The minimum atomic E-state index is -2.10. The lowest BCUT2D eigenvalue weighted by molar-refractivity contribution is -0.164. The van der Waals surface area contributed by atoms with Crippen molar-refractivity contribution in [1.29, 1.82) is 0 Å². The molecule has 4 aromatic heterocycles. The summed E-state index contributed by atoms with van der Waals surface area (Å²) >= 11 is 5.56. The van der Waals surface area contributed by atoms with Crippen molar-refractivity contribution in [3.05, 3.63) is 211 Å². The molecule has 0 N–H and O–H groups in total. The van der Waals surface area contributed by atoms with Crippen LogP contribution in [0.4, 0.5) is 0 Å². The van der Waals surface area contributed by atoms with Crippen LogP contribution in [0.25, 0.3) is 62.3 Å². The number of benzene rings is 6. The highest BCUT2D eigenvalue weighted by atomic mass is 32.1. The second-order valence-electron chi connectivity index (χ2n) is 17.1. The van der Waals surface area contributed by atoms with Gasteiger partial charge in [-0.25, -0.2) is 0 Å². The first-order valence-corrected chi connectivity index (χ1v) is 25.2. The lowest BCUT2D eigenvalue weighted by Crippen LogP contribution is -2.45. The van der Waals surface area contributed by atoms with E-state index in [-0.39, 0.29) is 35.9 Å². The second-order valence-corrected chi connectivity index (χ2v) is 21.3. The van der Waals surface area contributed by atoms with Crippen molar-refractivity contribution >= 4 is 133 Å². The van der Waals surface area contributed by atoms with Gasteiger partial charge in [-0.2, -0.15) is 0 Å². The topological polar surface area (TPSA) is 121 Å². The van der Waals surface area contributed by atoms with Crippen molar-refractivity contribution in [3.8, 4) is 9.75 Å². The maximum atomic E-state index is 15.3. The first-order valence-electron chi connectivity index (χ1n) is 21.9. The molecule has 0 spiro atoms. The number of esters is 2. The summed E-state index contributed by atoms with van der Waals surface area (Å²) in [4.78, 5) is 88.7. The van der Waals surface area contributed by atoms with E-state index in [2.05, 4.69) is 0 Å². The van der Waals surface area contributed by atoms with E-state index in [0.717, 1.165) is 46.8 Å². The molecule has 0 bridgehead atoms. The molecule has 0 atom stereocenters. The lowest BCUT2D eigenvalue weighted by Gasteiger charge is -2.26. The Bertz CT molecular complexity index is 3860. The van der Waals surface area contributed by atoms with E-state index in [1.54, 1.807) is 42.5 Å². The van der Waals surface area contributed by atoms with Crippen molar-refractivity contribution in [2.75, 3.05) is 0 Å². The molecule has 3 aliphatic carbocycles. The van der Waals surface area contributed by atoms with Gasteiger partial charge in [-0.1, -0.05) is 109 Å². The van der Waals surface area contributed by atoms with E-state index in [0.29, 0.717) is 57.6 Å². The molecule has 3 aliphatic rings. The van der Waals surface area contributed by atoms with E-state index in [9.17, 15) is 19.2 Å². The van der Waals surface area contributed by atoms with Crippen LogP contribution in [0.3, 0.4) is 0 Å². The fourth-order valence-electron chi connectivity index (χ4n) is 9.77. The van der Waals surface area contributed by atoms with Crippen LogP contribution in [0, 0.1) is 0 Å². The maximum absolute atomic E-state index is 15.3. The molecule has 0 saturated carbocycles. The van der Waals surface area contributed by atoms with Gasteiger partial charge in [-0.05, 0) is 81.2 Å². The molecule has 10 aromatic rings. The van der Waals surface area contributed by atoms with Crippen molar-refractivity contribution in [3.63, 3.8) is 0 Å². The Balaban J connectivity index is 0.960. The lowest BCUT2D eigenvalue weighted by atomic mass is 9.79. The highest BCUT2D eigenvalue weighted by Gasteiger charge is 2.61. The van der Waals surface area contributed by atoms with Crippen LogP contribution in [0.5, 0.6) is 0 Å². The molecular weight excluding hydrogens is 941 g/mol. The molecule has 13 rings (SSSR count). The number of hydrogen-bond donors (Lipinski definition) is 0. The van der Waals surface area contributed by atoms with Crippen LogP contribution in [-0.4, -0.2) is 35.1 Å². The smallest absolute Gasteiger partial charge is 0.333 e. The van der Waals surface area contributed by atoms with E-state index >= 15 is 9.59 Å². The number of carbonyl (C=O) groups excluding carboxylic acids is 6. The molecular formula is C57H30O8S4. The average molecular weight is 971 g/mol. The van der Waals surface area contributed by atoms with Gasteiger partial charge in [0, 0.05) is 47.8 Å². The monoisotopic (exact) mass is 970 g/mol. The molecule has 12 heteroatoms. The number of hydrogen-bond acceptors (Lipinski definition) is 12. The van der Waals surface area contributed by atoms with E-state index in [1.807, 2.05) is 115 Å². The number of carbonyl (C=O) groups is 6. The molecule has 69 heavy (non-hydrogen) atoms. The predicted octanol–water partition coefficient (Wildman–Crippen LogP) is 13.2. The summed E-state index contributed by atoms with van der Waals surface area (Å²) < 4.78 is 15.6. The van der Waals surface area contributed by atoms with Gasteiger partial charge < -0.3 is 9.47 Å². The van der Waals surface area contributed by atoms with Gasteiger partial charge in [0.25, 0.3) is 0 Å². The molecule has 4 heterocycles. The largest absolute Gasteiger partial charge is 0.459 e. The van der Waals surface area contributed by atoms with Crippen LogP contribution >= 0.6 is 45.3 Å². The zero-order chi connectivity index (χ0) is 46.7. The summed E-state index contributed by atoms with van der Waals surface area (Å²) in [5.41, 5.74) is 1.68. The molecule has 0 aliphatic heterocycles. The normalized spacial score (nSPS) is 14.5. The van der Waals surface area contributed by atoms with Crippen molar-refractivity contribution in [2.24, 2.45) is 0 Å². The summed E-state index contributed by atoms with van der Waals surface area (Å²) in [6, 6.07) is 44.3. The summed E-state index contributed by atoms with van der Waals surface area (Å²) in [5, 5.41) is 3.44. The molecule has 0 amide bonds. The first kappa shape index (κ1) is 41.4. The number of ketones is 4. The molecule has 0 saturated heterocycles. The zero-order valence-electron chi connectivity index (χ0n) is 35.8. The summed E-state index contributed by atoms with van der Waals surface area (Å²) in [6.45, 7) is -0.228. The Hall–Kier alpha value is -7.74. The molecule has 330 valence electrons. The molecule has 0 fully saturated rings. The fourth-order valence-corrected chi connectivity index (χ4v) is 15.4. The third-order valence-electron chi connectivity index (χ3n) is 13.1. The minimum absolute atomic E-state index is 0.00550. The highest BCUT2D eigenvalue weighted by molar-refractivity contribution is 7.40. The first-order chi connectivity index (χ1) is 33.6. The Morgan fingerprint density at radius 1 is 0.449 bits per heavy atom. The Morgan fingerprint density at radius 3 is 1.35 bits per heavy atom. The molecule has 8 nitrogen and oxygen atoms in total. The molecule has 6 aromatic carbocycles. The Morgan fingerprint density at radius 2 is 0.884 bits per heavy atom. The third-order valence-corrected chi connectivity index (χ3v) is 18.2. The van der Waals surface area contributed by atoms with Gasteiger partial charge in [0.15, 0.2) is 23.1 Å². The van der Waals surface area contributed by atoms with Gasteiger partial charge in [-0.15, -0.1) is 45.3 Å². The number of rotatable bonds is 8. The van der Waals surface area contributed by atoms with Crippen molar-refractivity contribution < 1.29 is 38.2 Å². The van der Waals surface area contributed by atoms with Crippen LogP contribution in [0.2, 0.25) is 0 Å². The Labute approximate surface area is 408 Å². The predicted molar refractivity (Wildman–Crippen MR) is 273 cm³/mol. The van der Waals surface area contributed by atoms with Crippen LogP contribution in [-0.2, 0) is 37.7 Å². The zero-order valence-corrected chi connectivity index (χ0v) is 39.1. The quantitative estimate of drug-likeness (QED) is 0.0639. The summed E-state index contributed by atoms with van der Waals surface area (Å²) in [5.74, 6) is -3.07. The SMILES string of the molecule is O=C1C(=Cc2cc3c(s2)-c2sc4c(sc5cc(C=C6C(=O)c7cc8ccccc8cc7C6=O)sc54)c2C3(C(=O)OCc2ccccc2)C(=O)OCc2ccccc2)C(=O)c2cc3ccccc3cc21. The number of ether oxygens (including phenoxy) is 2. The van der Waals surface area contributed by atoms with Crippen LogP contribution < -0.4 is 0 Å². The Kier molecular flexibility index (Phi) is 9.40. The van der Waals surface area contributed by atoms with Gasteiger partial charge in [0.05, 0.1) is 35.0 Å². The van der Waals surface area contributed by atoms with Crippen molar-refractivity contribution in [1.82, 2.24) is 0 Å². The van der Waals surface area contributed by atoms with Gasteiger partial charge in [0.2, 0.25) is 5.41 Å². The second kappa shape index (κ2) is 15.7. The number of thiophene rings is 4. The third kappa shape index (κ3) is 6.29. The average Bonchev–Trinajstić information content (AvgIpc) is 4.24. The van der Waals surface area contributed by atoms with Gasteiger partial charge >= 0.3 is 11.9 Å². The maximum Gasteiger partial charge on any atom is 0.333 e. The van der Waals surface area contributed by atoms with E-state index in [1.165, 1.54) is 45.3 Å². The molecule has 0 radical (unpaired) electrons. The molecule has 0 unspecified atom stereocenters. The van der Waals surface area contributed by atoms with Gasteiger partial charge in [-0.3, -0.25) is 28.8 Å². The van der Waals surface area contributed by atoms with Crippen LogP contribution in [0.1, 0.15) is 73.4 Å². The van der Waals surface area contributed by atoms with E-state index < -0.39 is 28.9 Å². The fraction of sp³-hybridized carbons (Fsp3) is 0.0526. The van der Waals surface area contributed by atoms with Gasteiger partial charge in [0.1, 0.15) is 13.2 Å². The number of Topliss-reactive ketones (excluding diaryl/α,β-unsaturated/α-hetero) is 4. The van der Waals surface area contributed by atoms with E-state index in [4.69, 9.17) is 9.47 Å². The minimum Gasteiger partial charge on any atom is -0.459 e. The van der Waals surface area contributed by atoms with Crippen molar-refractivity contribution in [2.45, 2.75) is 18.6 Å². The summed E-state index contributed by atoms with van der Waals surface area (Å²) in [7, 11) is 0. The standard InChI is InChI=1S/C57H30O8S4/c58-46-37-19-31-15-7-8-16-32(31)20-38(37)47(59)41(46)23-35-25-43-50(66-35)52-45(57(43,55(62)64-27-29-11-3-1-4-12-29)56(63)65-28-30-13-5-2-6-14-30)53-54(69-52)51-44(68-53)26-36(67-51)24-42-48(60)39-21-33-17-9-10-18-34(33)22-40(39)49(42)61/h1-26H,27-28H2. The number of fused-ring (bicyclic) bond motifs is 11. The summed E-state index contributed by atoms with van der Waals surface area (Å²) in [6.07, 6.45) is 3.22.